The van der Waals surface area contributed by atoms with Crippen molar-refractivity contribution in [2.75, 3.05) is 13.2 Å². The molecule has 1 aromatic rings. The first kappa shape index (κ1) is 10.4. The van der Waals surface area contributed by atoms with Crippen LogP contribution in [-0.2, 0) is 0 Å². The predicted molar refractivity (Wildman–Crippen MR) is 57.7 cm³/mol. The minimum Gasteiger partial charge on any atom is -0.492 e. The molecule has 3 heteroatoms. The van der Waals surface area contributed by atoms with E-state index in [0.717, 1.165) is 17.9 Å². The van der Waals surface area contributed by atoms with Crippen LogP contribution < -0.4 is 10.1 Å². The molecule has 1 aromatic carbocycles. The highest BCUT2D eigenvalue weighted by Gasteiger charge is 2.14. The van der Waals surface area contributed by atoms with E-state index in [0.29, 0.717) is 12.6 Å². The van der Waals surface area contributed by atoms with E-state index in [2.05, 4.69) is 5.32 Å². The van der Waals surface area contributed by atoms with Gasteiger partial charge in [0.15, 0.2) is 0 Å². The van der Waals surface area contributed by atoms with Gasteiger partial charge in [-0.25, -0.2) is 4.39 Å². The lowest BCUT2D eigenvalue weighted by molar-refractivity contribution is 0.275. The van der Waals surface area contributed by atoms with Crippen LogP contribution in [0.4, 0.5) is 4.39 Å². The molecule has 1 heterocycles. The van der Waals surface area contributed by atoms with Crippen molar-refractivity contribution in [1.29, 1.82) is 0 Å². The van der Waals surface area contributed by atoms with Crippen LogP contribution in [-0.4, -0.2) is 19.2 Å². The molecule has 0 spiro atoms. The molecule has 0 aromatic heterocycles. The maximum Gasteiger partial charge on any atom is 0.123 e. The molecule has 15 heavy (non-hydrogen) atoms. The first-order valence-corrected chi connectivity index (χ1v) is 5.38. The van der Waals surface area contributed by atoms with Crippen molar-refractivity contribution in [1.82, 2.24) is 5.32 Å². The highest BCUT2D eigenvalue weighted by atomic mass is 19.1. The normalized spacial score (nSPS) is 20.5. The molecule has 1 aliphatic rings. The average Bonchev–Trinajstić information content (AvgIpc) is 2.69. The molecule has 0 radical (unpaired) electrons. The molecular formula is C12H16FNO. The Balaban J connectivity index is 1.92. The summed E-state index contributed by atoms with van der Waals surface area (Å²) in [7, 11) is 0. The zero-order valence-electron chi connectivity index (χ0n) is 8.92. The second-order valence-corrected chi connectivity index (χ2v) is 4.01. The fraction of sp³-hybridized carbons (Fsp3) is 0.500. The smallest absolute Gasteiger partial charge is 0.123 e. The summed E-state index contributed by atoms with van der Waals surface area (Å²) >= 11 is 0. The van der Waals surface area contributed by atoms with Crippen LogP contribution >= 0.6 is 0 Å². The summed E-state index contributed by atoms with van der Waals surface area (Å²) in [4.78, 5) is 0. The summed E-state index contributed by atoms with van der Waals surface area (Å²) in [6.45, 7) is 3.61. The number of nitrogens with one attached hydrogen (secondary N) is 1. The molecule has 0 aliphatic carbocycles. The summed E-state index contributed by atoms with van der Waals surface area (Å²) in [6, 6.07) is 5.08. The summed E-state index contributed by atoms with van der Waals surface area (Å²) in [5, 5.41) is 3.36. The van der Waals surface area contributed by atoms with Crippen molar-refractivity contribution in [2.45, 2.75) is 25.8 Å². The second kappa shape index (κ2) is 4.62. The molecule has 2 rings (SSSR count). The fourth-order valence-corrected chi connectivity index (χ4v) is 1.86. The van der Waals surface area contributed by atoms with Gasteiger partial charge in [-0.05, 0) is 50.1 Å². The SMILES string of the molecule is Cc1cc(F)ccc1OCC1CCCN1. The van der Waals surface area contributed by atoms with E-state index >= 15 is 0 Å². The number of hydrogen-bond acceptors (Lipinski definition) is 2. The van der Waals surface area contributed by atoms with E-state index in [1.165, 1.54) is 25.0 Å². The number of rotatable bonds is 3. The summed E-state index contributed by atoms with van der Waals surface area (Å²) in [5.74, 6) is 0.573. The van der Waals surface area contributed by atoms with E-state index in [4.69, 9.17) is 4.74 Å². The number of halogens is 1. The van der Waals surface area contributed by atoms with Crippen LogP contribution in [0.15, 0.2) is 18.2 Å². The van der Waals surface area contributed by atoms with Crippen LogP contribution in [0.1, 0.15) is 18.4 Å². The van der Waals surface area contributed by atoms with Crippen molar-refractivity contribution in [3.05, 3.63) is 29.6 Å². The lowest BCUT2D eigenvalue weighted by atomic mass is 10.2. The Morgan fingerprint density at radius 3 is 3.07 bits per heavy atom. The van der Waals surface area contributed by atoms with Gasteiger partial charge >= 0.3 is 0 Å². The molecule has 0 saturated carbocycles. The Morgan fingerprint density at radius 2 is 2.40 bits per heavy atom. The molecule has 1 aliphatic heterocycles. The Morgan fingerprint density at radius 1 is 1.53 bits per heavy atom. The van der Waals surface area contributed by atoms with E-state index in [-0.39, 0.29) is 5.82 Å². The quantitative estimate of drug-likeness (QED) is 0.824. The lowest BCUT2D eigenvalue weighted by Crippen LogP contribution is -2.28. The molecule has 82 valence electrons. The number of benzene rings is 1. The van der Waals surface area contributed by atoms with Crippen LogP contribution in [0.5, 0.6) is 5.75 Å². The maximum absolute atomic E-state index is 12.8. The molecule has 1 N–H and O–H groups in total. The van der Waals surface area contributed by atoms with Gasteiger partial charge in [-0.2, -0.15) is 0 Å². The largest absolute Gasteiger partial charge is 0.492 e. The Bertz CT molecular complexity index is 334. The minimum absolute atomic E-state index is 0.209. The molecule has 0 amide bonds. The topological polar surface area (TPSA) is 21.3 Å². The Kier molecular flexibility index (Phi) is 3.21. The molecule has 1 atom stereocenters. The van der Waals surface area contributed by atoms with Crippen LogP contribution in [0.25, 0.3) is 0 Å². The summed E-state index contributed by atoms with van der Waals surface area (Å²) in [5.41, 5.74) is 0.855. The van der Waals surface area contributed by atoms with Gasteiger partial charge < -0.3 is 10.1 Å². The highest BCUT2D eigenvalue weighted by molar-refractivity contribution is 5.32. The Hall–Kier alpha value is -1.09. The summed E-state index contributed by atoms with van der Waals surface area (Å²) in [6.07, 6.45) is 2.39. The number of ether oxygens (including phenoxy) is 1. The third-order valence-corrected chi connectivity index (χ3v) is 2.74. The van der Waals surface area contributed by atoms with Crippen molar-refractivity contribution >= 4 is 0 Å². The van der Waals surface area contributed by atoms with Gasteiger partial charge in [0.25, 0.3) is 0 Å². The third-order valence-electron chi connectivity index (χ3n) is 2.74. The van der Waals surface area contributed by atoms with Gasteiger partial charge in [-0.15, -0.1) is 0 Å². The third kappa shape index (κ3) is 2.69. The van der Waals surface area contributed by atoms with Crippen molar-refractivity contribution in [3.63, 3.8) is 0 Å². The van der Waals surface area contributed by atoms with Gasteiger partial charge in [0.2, 0.25) is 0 Å². The molecular weight excluding hydrogens is 193 g/mol. The van der Waals surface area contributed by atoms with E-state index in [9.17, 15) is 4.39 Å². The van der Waals surface area contributed by atoms with Gasteiger partial charge in [0.05, 0.1) is 0 Å². The van der Waals surface area contributed by atoms with Crippen molar-refractivity contribution in [3.8, 4) is 5.75 Å². The van der Waals surface area contributed by atoms with Gasteiger partial charge in [-0.1, -0.05) is 0 Å². The molecule has 2 nitrogen and oxygen atoms in total. The van der Waals surface area contributed by atoms with Crippen molar-refractivity contribution < 1.29 is 9.13 Å². The van der Waals surface area contributed by atoms with Gasteiger partial charge in [-0.3, -0.25) is 0 Å². The van der Waals surface area contributed by atoms with Crippen LogP contribution in [0.2, 0.25) is 0 Å². The molecule has 1 fully saturated rings. The fourth-order valence-electron chi connectivity index (χ4n) is 1.86. The zero-order chi connectivity index (χ0) is 10.7. The Labute approximate surface area is 89.4 Å². The second-order valence-electron chi connectivity index (χ2n) is 4.01. The highest BCUT2D eigenvalue weighted by Crippen LogP contribution is 2.19. The standard InChI is InChI=1S/C12H16FNO/c1-9-7-10(13)4-5-12(9)15-8-11-3-2-6-14-11/h4-5,7,11,14H,2-3,6,8H2,1H3. The van der Waals surface area contributed by atoms with E-state index < -0.39 is 0 Å². The molecule has 1 saturated heterocycles. The van der Waals surface area contributed by atoms with E-state index in [1.807, 2.05) is 6.92 Å². The number of hydrogen-bond donors (Lipinski definition) is 1. The van der Waals surface area contributed by atoms with Crippen LogP contribution in [0, 0.1) is 12.7 Å². The van der Waals surface area contributed by atoms with E-state index in [1.54, 1.807) is 6.07 Å². The zero-order valence-corrected chi connectivity index (χ0v) is 8.92. The lowest BCUT2D eigenvalue weighted by Gasteiger charge is -2.13. The average molecular weight is 209 g/mol. The van der Waals surface area contributed by atoms with Crippen LogP contribution in [0.3, 0.4) is 0 Å². The van der Waals surface area contributed by atoms with Crippen molar-refractivity contribution in [2.24, 2.45) is 0 Å². The van der Waals surface area contributed by atoms with Gasteiger partial charge in [0.1, 0.15) is 18.2 Å². The molecule has 0 bridgehead atoms. The predicted octanol–water partition coefficient (Wildman–Crippen LogP) is 2.26. The first-order chi connectivity index (χ1) is 7.25. The monoisotopic (exact) mass is 209 g/mol. The molecule has 1 unspecified atom stereocenters. The van der Waals surface area contributed by atoms with Gasteiger partial charge in [0, 0.05) is 6.04 Å². The first-order valence-electron chi connectivity index (χ1n) is 5.38. The number of aryl methyl sites for hydroxylation is 1. The summed E-state index contributed by atoms with van der Waals surface area (Å²) < 4.78 is 18.5. The maximum atomic E-state index is 12.8. The minimum atomic E-state index is -0.209.